The summed E-state index contributed by atoms with van der Waals surface area (Å²) >= 11 is 6.16. The van der Waals surface area contributed by atoms with Gasteiger partial charge >= 0.3 is 0 Å². The third-order valence-corrected chi connectivity index (χ3v) is 5.39. The van der Waals surface area contributed by atoms with Crippen molar-refractivity contribution < 1.29 is 19.3 Å². The predicted octanol–water partition coefficient (Wildman–Crippen LogP) is 3.23. The summed E-state index contributed by atoms with van der Waals surface area (Å²) in [4.78, 5) is 4.60. The highest BCUT2D eigenvalue weighted by Crippen LogP contribution is 2.36. The molecule has 0 amide bonds. The number of hydrogen-bond acceptors (Lipinski definition) is 6. The van der Waals surface area contributed by atoms with Gasteiger partial charge in [0.25, 0.3) is 0 Å². The zero-order valence-electron chi connectivity index (χ0n) is 17.2. The molecule has 1 fully saturated rings. The van der Waals surface area contributed by atoms with E-state index in [4.69, 9.17) is 25.8 Å². The molecule has 0 unspecified atom stereocenters. The van der Waals surface area contributed by atoms with Crippen LogP contribution >= 0.6 is 11.6 Å². The molecule has 3 rings (SSSR count). The second-order valence-corrected chi connectivity index (χ2v) is 7.61. The van der Waals surface area contributed by atoms with Gasteiger partial charge in [-0.2, -0.15) is 0 Å². The van der Waals surface area contributed by atoms with Crippen molar-refractivity contribution in [2.75, 3.05) is 58.5 Å². The number of β-amino-alcohol motifs (C(OH)–C–C–N with tert-alkyl or cyclic N) is 1. The standard InChI is InChI=1S/C22H29ClN2O4/c1-16-7-8-17(23)13-19(16)25-11-9-24(10-12-25)14-18(26)15-29-22-20(27-2)5-4-6-21(22)28-3/h4-8,13,18,26H,9-12,14-15H2,1-3H3/t18-/m1/s1. The molecule has 158 valence electrons. The lowest BCUT2D eigenvalue weighted by atomic mass is 10.1. The van der Waals surface area contributed by atoms with Gasteiger partial charge in [0.15, 0.2) is 11.5 Å². The first-order valence-electron chi connectivity index (χ1n) is 9.77. The minimum absolute atomic E-state index is 0.171. The van der Waals surface area contributed by atoms with Crippen LogP contribution in [0.25, 0.3) is 0 Å². The number of rotatable bonds is 8. The first-order valence-corrected chi connectivity index (χ1v) is 10.1. The Morgan fingerprint density at radius 3 is 2.31 bits per heavy atom. The summed E-state index contributed by atoms with van der Waals surface area (Å²) in [5.41, 5.74) is 2.41. The molecule has 2 aromatic carbocycles. The lowest BCUT2D eigenvalue weighted by Crippen LogP contribution is -2.49. The minimum atomic E-state index is -0.607. The van der Waals surface area contributed by atoms with Gasteiger partial charge in [-0.25, -0.2) is 0 Å². The van der Waals surface area contributed by atoms with E-state index in [0.29, 0.717) is 23.8 Å². The first-order chi connectivity index (χ1) is 14.0. The SMILES string of the molecule is COc1cccc(OC)c1OC[C@H](O)CN1CCN(c2cc(Cl)ccc2C)CC1. The number of aliphatic hydroxyl groups excluding tert-OH is 1. The molecule has 0 bridgehead atoms. The Kier molecular flexibility index (Phi) is 7.47. The molecule has 1 saturated heterocycles. The second kappa shape index (κ2) is 10.1. The topological polar surface area (TPSA) is 54.4 Å². The molecule has 0 spiro atoms. The van der Waals surface area contributed by atoms with Crippen LogP contribution in [0.15, 0.2) is 36.4 Å². The Balaban J connectivity index is 1.50. The largest absolute Gasteiger partial charge is 0.493 e. The maximum Gasteiger partial charge on any atom is 0.203 e. The van der Waals surface area contributed by atoms with Crippen molar-refractivity contribution in [2.24, 2.45) is 0 Å². The number of nitrogens with zero attached hydrogens (tertiary/aromatic N) is 2. The molecule has 0 aromatic heterocycles. The predicted molar refractivity (Wildman–Crippen MR) is 116 cm³/mol. The van der Waals surface area contributed by atoms with E-state index >= 15 is 0 Å². The number of hydrogen-bond donors (Lipinski definition) is 1. The minimum Gasteiger partial charge on any atom is -0.493 e. The van der Waals surface area contributed by atoms with Gasteiger partial charge in [0.05, 0.1) is 14.2 Å². The van der Waals surface area contributed by atoms with Crippen LogP contribution in [-0.2, 0) is 0 Å². The van der Waals surface area contributed by atoms with Gasteiger partial charge in [-0.1, -0.05) is 23.7 Å². The monoisotopic (exact) mass is 420 g/mol. The Bertz CT molecular complexity index is 787. The van der Waals surface area contributed by atoms with Gasteiger partial charge < -0.3 is 24.2 Å². The molecule has 1 N–H and O–H groups in total. The van der Waals surface area contributed by atoms with Gasteiger partial charge in [0.1, 0.15) is 12.7 Å². The number of para-hydroxylation sites is 1. The lowest BCUT2D eigenvalue weighted by molar-refractivity contribution is 0.0643. The van der Waals surface area contributed by atoms with Crippen molar-refractivity contribution in [1.82, 2.24) is 4.90 Å². The molecule has 0 radical (unpaired) electrons. The van der Waals surface area contributed by atoms with Crippen LogP contribution in [0.3, 0.4) is 0 Å². The smallest absolute Gasteiger partial charge is 0.203 e. The number of halogens is 1. The number of aliphatic hydroxyl groups is 1. The van der Waals surface area contributed by atoms with Crippen molar-refractivity contribution in [3.05, 3.63) is 47.0 Å². The Labute approximate surface area is 177 Å². The van der Waals surface area contributed by atoms with E-state index in [2.05, 4.69) is 22.8 Å². The van der Waals surface area contributed by atoms with Crippen molar-refractivity contribution in [3.63, 3.8) is 0 Å². The molecule has 1 atom stereocenters. The van der Waals surface area contributed by atoms with Gasteiger partial charge in [0, 0.05) is 43.4 Å². The maximum absolute atomic E-state index is 10.5. The molecule has 0 saturated carbocycles. The molecule has 2 aromatic rings. The van der Waals surface area contributed by atoms with Gasteiger partial charge in [-0.15, -0.1) is 0 Å². The summed E-state index contributed by atoms with van der Waals surface area (Å²) in [5.74, 6) is 1.68. The fraction of sp³-hybridized carbons (Fsp3) is 0.455. The van der Waals surface area contributed by atoms with E-state index in [9.17, 15) is 5.11 Å². The van der Waals surface area contributed by atoms with E-state index in [1.54, 1.807) is 26.4 Å². The molecule has 6 nitrogen and oxygen atoms in total. The van der Waals surface area contributed by atoms with Gasteiger partial charge in [-0.3, -0.25) is 4.90 Å². The molecule has 29 heavy (non-hydrogen) atoms. The second-order valence-electron chi connectivity index (χ2n) is 7.17. The van der Waals surface area contributed by atoms with E-state index in [0.717, 1.165) is 31.2 Å². The summed E-state index contributed by atoms with van der Waals surface area (Å²) in [6.07, 6.45) is -0.607. The Hall–Kier alpha value is -2.15. The van der Waals surface area contributed by atoms with E-state index in [-0.39, 0.29) is 6.61 Å². The van der Waals surface area contributed by atoms with Crippen LogP contribution in [0, 0.1) is 6.92 Å². The van der Waals surface area contributed by atoms with Crippen LogP contribution in [0.4, 0.5) is 5.69 Å². The normalized spacial score (nSPS) is 15.8. The number of piperazine rings is 1. The Morgan fingerprint density at radius 1 is 1.03 bits per heavy atom. The number of aryl methyl sites for hydroxylation is 1. The van der Waals surface area contributed by atoms with E-state index in [1.807, 2.05) is 18.2 Å². The summed E-state index contributed by atoms with van der Waals surface area (Å²) < 4.78 is 16.5. The quantitative estimate of drug-likeness (QED) is 0.707. The number of benzene rings is 2. The van der Waals surface area contributed by atoms with Crippen molar-refractivity contribution >= 4 is 17.3 Å². The highest BCUT2D eigenvalue weighted by Gasteiger charge is 2.21. The average Bonchev–Trinajstić information content (AvgIpc) is 2.74. The van der Waals surface area contributed by atoms with Crippen LogP contribution in [-0.4, -0.2) is 69.7 Å². The highest BCUT2D eigenvalue weighted by molar-refractivity contribution is 6.30. The number of ether oxygens (including phenoxy) is 3. The first kappa shape index (κ1) is 21.6. The molecular formula is C22H29ClN2O4. The van der Waals surface area contributed by atoms with E-state index in [1.165, 1.54) is 11.3 Å². The van der Waals surface area contributed by atoms with E-state index < -0.39 is 6.10 Å². The van der Waals surface area contributed by atoms with Crippen LogP contribution in [0.5, 0.6) is 17.2 Å². The zero-order chi connectivity index (χ0) is 20.8. The highest BCUT2D eigenvalue weighted by atomic mass is 35.5. The number of methoxy groups -OCH3 is 2. The summed E-state index contributed by atoms with van der Waals surface area (Å²) in [6, 6.07) is 11.4. The van der Waals surface area contributed by atoms with Crippen molar-refractivity contribution in [1.29, 1.82) is 0 Å². The van der Waals surface area contributed by atoms with Gasteiger partial charge in [-0.05, 0) is 36.8 Å². The fourth-order valence-corrected chi connectivity index (χ4v) is 3.75. The zero-order valence-corrected chi connectivity index (χ0v) is 18.0. The van der Waals surface area contributed by atoms with Crippen molar-refractivity contribution in [3.8, 4) is 17.2 Å². The van der Waals surface area contributed by atoms with Crippen LogP contribution in [0.2, 0.25) is 5.02 Å². The molecule has 1 aliphatic heterocycles. The summed E-state index contributed by atoms with van der Waals surface area (Å²) in [7, 11) is 3.17. The number of anilines is 1. The summed E-state index contributed by atoms with van der Waals surface area (Å²) in [5, 5.41) is 11.2. The van der Waals surface area contributed by atoms with Crippen LogP contribution < -0.4 is 19.1 Å². The molecule has 1 heterocycles. The summed E-state index contributed by atoms with van der Waals surface area (Å²) in [6.45, 7) is 6.38. The third-order valence-electron chi connectivity index (χ3n) is 5.16. The molecule has 0 aliphatic carbocycles. The lowest BCUT2D eigenvalue weighted by Gasteiger charge is -2.37. The molecule has 7 heteroatoms. The third kappa shape index (κ3) is 5.47. The van der Waals surface area contributed by atoms with Gasteiger partial charge in [0.2, 0.25) is 5.75 Å². The maximum atomic E-state index is 10.5. The van der Waals surface area contributed by atoms with Crippen LogP contribution in [0.1, 0.15) is 5.56 Å². The molecular weight excluding hydrogens is 392 g/mol. The van der Waals surface area contributed by atoms with Crippen molar-refractivity contribution in [2.45, 2.75) is 13.0 Å². The average molecular weight is 421 g/mol. The fourth-order valence-electron chi connectivity index (χ4n) is 3.58. The molecule has 1 aliphatic rings. The Morgan fingerprint density at radius 2 is 1.69 bits per heavy atom.